The van der Waals surface area contributed by atoms with E-state index >= 15 is 0 Å². The zero-order valence-corrected chi connectivity index (χ0v) is 17.7. The summed E-state index contributed by atoms with van der Waals surface area (Å²) in [6, 6.07) is 18.4. The van der Waals surface area contributed by atoms with Crippen LogP contribution in [-0.2, 0) is 9.53 Å². The number of ether oxygens (including phenoxy) is 2. The Morgan fingerprint density at radius 1 is 0.909 bits per heavy atom. The Hall–Kier alpha value is -4.17. The lowest BCUT2D eigenvalue weighted by molar-refractivity contribution is -0.131. The van der Waals surface area contributed by atoms with E-state index in [4.69, 9.17) is 13.9 Å². The van der Waals surface area contributed by atoms with E-state index in [1.807, 2.05) is 6.07 Å². The fraction of sp³-hybridized carbons (Fsp3) is 0.160. The lowest BCUT2D eigenvalue weighted by Gasteiger charge is -2.27. The fourth-order valence-corrected chi connectivity index (χ4v) is 3.22. The molecule has 1 fully saturated rings. The Balaban J connectivity index is 1.53. The zero-order valence-electron chi connectivity index (χ0n) is 17.7. The van der Waals surface area contributed by atoms with Crippen LogP contribution in [0.3, 0.4) is 0 Å². The first-order valence-electron chi connectivity index (χ1n) is 10.4. The highest BCUT2D eigenvalue weighted by atomic mass is 16.5. The average molecular weight is 446 g/mol. The summed E-state index contributed by atoms with van der Waals surface area (Å²) in [5.74, 6) is -0.867. The normalized spacial score (nSPS) is 13.9. The monoisotopic (exact) mass is 446 g/mol. The molecule has 0 radical (unpaired) electrons. The highest BCUT2D eigenvalue weighted by Crippen LogP contribution is 2.17. The van der Waals surface area contributed by atoms with Gasteiger partial charge < -0.3 is 24.1 Å². The number of benzene rings is 2. The Morgan fingerprint density at radius 3 is 2.30 bits per heavy atom. The molecule has 0 aliphatic carbocycles. The molecule has 2 aromatic carbocycles. The third kappa shape index (κ3) is 5.75. The standard InChI is InChI=1S/C25H22N2O6/c28-23(19-5-2-1-3-6-19)26-21(24(29)27-12-15-31-16-13-27)17-18-8-10-20(11-9-18)33-25(30)22-7-4-14-32-22/h1-11,14,17H,12-13,15-16H2,(H,26,28). The van der Waals surface area contributed by atoms with E-state index in [1.54, 1.807) is 65.6 Å². The van der Waals surface area contributed by atoms with Crippen molar-refractivity contribution in [2.24, 2.45) is 0 Å². The molecule has 1 aliphatic rings. The Morgan fingerprint density at radius 2 is 1.64 bits per heavy atom. The lowest BCUT2D eigenvalue weighted by atomic mass is 10.1. The number of hydrogen-bond acceptors (Lipinski definition) is 6. The van der Waals surface area contributed by atoms with Crippen LogP contribution in [0.5, 0.6) is 5.75 Å². The van der Waals surface area contributed by atoms with E-state index < -0.39 is 5.97 Å². The van der Waals surface area contributed by atoms with Crippen LogP contribution in [0.25, 0.3) is 6.08 Å². The van der Waals surface area contributed by atoms with Gasteiger partial charge in [-0.25, -0.2) is 4.79 Å². The van der Waals surface area contributed by atoms with Gasteiger partial charge in [-0.15, -0.1) is 0 Å². The van der Waals surface area contributed by atoms with E-state index in [1.165, 1.54) is 12.3 Å². The molecule has 33 heavy (non-hydrogen) atoms. The molecule has 1 aromatic heterocycles. The SMILES string of the molecule is O=C(NC(=Cc1ccc(OC(=O)c2ccco2)cc1)C(=O)N1CCOCC1)c1ccccc1. The number of morpholine rings is 1. The van der Waals surface area contributed by atoms with Crippen molar-refractivity contribution in [3.63, 3.8) is 0 Å². The third-order valence-electron chi connectivity index (χ3n) is 4.94. The maximum Gasteiger partial charge on any atom is 0.379 e. The largest absolute Gasteiger partial charge is 0.457 e. The van der Waals surface area contributed by atoms with Crippen molar-refractivity contribution in [3.8, 4) is 5.75 Å². The lowest BCUT2D eigenvalue weighted by Crippen LogP contribution is -2.44. The van der Waals surface area contributed by atoms with Gasteiger partial charge in [0.05, 0.1) is 19.5 Å². The summed E-state index contributed by atoms with van der Waals surface area (Å²) in [5.41, 5.74) is 1.24. The van der Waals surface area contributed by atoms with Crippen molar-refractivity contribution >= 4 is 23.9 Å². The molecule has 1 N–H and O–H groups in total. The number of nitrogens with one attached hydrogen (secondary N) is 1. The van der Waals surface area contributed by atoms with Crippen molar-refractivity contribution in [1.82, 2.24) is 10.2 Å². The minimum Gasteiger partial charge on any atom is -0.457 e. The van der Waals surface area contributed by atoms with Gasteiger partial charge in [0, 0.05) is 18.7 Å². The second-order valence-electron chi connectivity index (χ2n) is 7.22. The molecular weight excluding hydrogens is 424 g/mol. The van der Waals surface area contributed by atoms with E-state index in [-0.39, 0.29) is 23.3 Å². The molecular formula is C25H22N2O6. The second-order valence-corrected chi connectivity index (χ2v) is 7.22. The molecule has 1 saturated heterocycles. The number of amides is 2. The number of nitrogens with zero attached hydrogens (tertiary/aromatic N) is 1. The van der Waals surface area contributed by atoms with Crippen molar-refractivity contribution in [3.05, 3.63) is 95.6 Å². The summed E-state index contributed by atoms with van der Waals surface area (Å²) in [7, 11) is 0. The molecule has 168 valence electrons. The predicted octanol–water partition coefficient (Wildman–Crippen LogP) is 3.13. The van der Waals surface area contributed by atoms with Crippen molar-refractivity contribution in [1.29, 1.82) is 0 Å². The summed E-state index contributed by atoms with van der Waals surface area (Å²) < 4.78 is 15.6. The van der Waals surface area contributed by atoms with Gasteiger partial charge in [0.1, 0.15) is 11.4 Å². The van der Waals surface area contributed by atoms with Gasteiger partial charge in [-0.2, -0.15) is 0 Å². The maximum absolute atomic E-state index is 13.1. The Kier molecular flexibility index (Phi) is 6.96. The summed E-state index contributed by atoms with van der Waals surface area (Å²) in [5, 5.41) is 2.74. The van der Waals surface area contributed by atoms with Gasteiger partial charge in [0.25, 0.3) is 11.8 Å². The molecule has 0 spiro atoms. The van der Waals surface area contributed by atoms with E-state index in [0.29, 0.717) is 43.2 Å². The number of carbonyl (C=O) groups excluding carboxylic acids is 3. The van der Waals surface area contributed by atoms with Crippen molar-refractivity contribution in [2.75, 3.05) is 26.3 Å². The number of hydrogen-bond donors (Lipinski definition) is 1. The Labute approximate surface area is 190 Å². The minimum atomic E-state index is -0.610. The second kappa shape index (κ2) is 10.4. The molecule has 8 heteroatoms. The van der Waals surface area contributed by atoms with Gasteiger partial charge >= 0.3 is 5.97 Å². The molecule has 8 nitrogen and oxygen atoms in total. The molecule has 0 saturated carbocycles. The van der Waals surface area contributed by atoms with E-state index in [0.717, 1.165) is 0 Å². The molecule has 3 aromatic rings. The predicted molar refractivity (Wildman–Crippen MR) is 119 cm³/mol. The molecule has 0 atom stereocenters. The van der Waals surface area contributed by atoms with Gasteiger partial charge in [0.2, 0.25) is 5.76 Å². The van der Waals surface area contributed by atoms with Crippen LogP contribution in [0, 0.1) is 0 Å². The number of rotatable bonds is 6. The van der Waals surface area contributed by atoms with Gasteiger partial charge in [-0.3, -0.25) is 9.59 Å². The number of carbonyl (C=O) groups is 3. The summed E-state index contributed by atoms with van der Waals surface area (Å²) in [4.78, 5) is 39.5. The first-order chi connectivity index (χ1) is 16.1. The van der Waals surface area contributed by atoms with Gasteiger partial charge in [0.15, 0.2) is 0 Å². The van der Waals surface area contributed by atoms with Crippen LogP contribution < -0.4 is 10.1 Å². The number of furan rings is 1. The van der Waals surface area contributed by atoms with Crippen LogP contribution in [-0.4, -0.2) is 49.0 Å². The minimum absolute atomic E-state index is 0.0981. The summed E-state index contributed by atoms with van der Waals surface area (Å²) in [6.07, 6.45) is 2.98. The fourth-order valence-electron chi connectivity index (χ4n) is 3.22. The Bertz CT molecular complexity index is 1130. The highest BCUT2D eigenvalue weighted by molar-refractivity contribution is 6.05. The van der Waals surface area contributed by atoms with Gasteiger partial charge in [-0.05, 0) is 48.0 Å². The zero-order chi connectivity index (χ0) is 23.0. The van der Waals surface area contributed by atoms with Crippen LogP contribution >= 0.6 is 0 Å². The molecule has 4 rings (SSSR count). The van der Waals surface area contributed by atoms with E-state index in [9.17, 15) is 14.4 Å². The molecule has 2 heterocycles. The van der Waals surface area contributed by atoms with Crippen molar-refractivity contribution < 1.29 is 28.3 Å². The number of esters is 1. The van der Waals surface area contributed by atoms with Crippen LogP contribution in [0.1, 0.15) is 26.5 Å². The molecule has 2 amide bonds. The van der Waals surface area contributed by atoms with Crippen LogP contribution in [0.2, 0.25) is 0 Å². The third-order valence-corrected chi connectivity index (χ3v) is 4.94. The first kappa shape index (κ1) is 22.0. The topological polar surface area (TPSA) is 98.1 Å². The maximum atomic E-state index is 13.1. The molecule has 0 bridgehead atoms. The van der Waals surface area contributed by atoms with E-state index in [2.05, 4.69) is 5.32 Å². The smallest absolute Gasteiger partial charge is 0.379 e. The quantitative estimate of drug-likeness (QED) is 0.355. The molecule has 0 unspecified atom stereocenters. The van der Waals surface area contributed by atoms with Gasteiger partial charge in [-0.1, -0.05) is 30.3 Å². The van der Waals surface area contributed by atoms with Crippen molar-refractivity contribution in [2.45, 2.75) is 0 Å². The molecule has 1 aliphatic heterocycles. The first-order valence-corrected chi connectivity index (χ1v) is 10.4. The highest BCUT2D eigenvalue weighted by Gasteiger charge is 2.22. The van der Waals surface area contributed by atoms with Crippen LogP contribution in [0.4, 0.5) is 0 Å². The average Bonchev–Trinajstić information content (AvgIpc) is 3.41. The van der Waals surface area contributed by atoms with Crippen LogP contribution in [0.15, 0.2) is 83.1 Å². The summed E-state index contributed by atoms with van der Waals surface area (Å²) in [6.45, 7) is 1.78. The summed E-state index contributed by atoms with van der Waals surface area (Å²) >= 11 is 0.